The molecule has 2 rings (SSSR count). The van der Waals surface area contributed by atoms with Gasteiger partial charge in [-0.05, 0) is 59.6 Å². The molecule has 7 nitrogen and oxygen atoms in total. The molecule has 0 saturated heterocycles. The molecule has 2 aromatic rings. The van der Waals surface area contributed by atoms with E-state index in [0.29, 0.717) is 18.3 Å². The summed E-state index contributed by atoms with van der Waals surface area (Å²) < 4.78 is 7.33. The van der Waals surface area contributed by atoms with Gasteiger partial charge in [0, 0.05) is 37.0 Å². The van der Waals surface area contributed by atoms with Crippen molar-refractivity contribution in [1.82, 2.24) is 15.2 Å². The number of nitrogens with zero attached hydrogens (tertiary/aromatic N) is 2. The quantitative estimate of drug-likeness (QED) is 0.341. The lowest BCUT2D eigenvalue weighted by atomic mass is 9.96. The third-order valence-corrected chi connectivity index (χ3v) is 4.88. The first kappa shape index (κ1) is 22.7. The van der Waals surface area contributed by atoms with Crippen LogP contribution in [0.4, 0.5) is 0 Å². The average Bonchev–Trinajstić information content (AvgIpc) is 3.00. The van der Waals surface area contributed by atoms with Gasteiger partial charge in [-0.1, -0.05) is 6.07 Å². The molecule has 0 aliphatic heterocycles. The number of unbranched alkanes of at least 4 members (excludes halogenated alkanes) is 1. The molecule has 3 N–H and O–H groups in total. The van der Waals surface area contributed by atoms with Crippen LogP contribution in [0.3, 0.4) is 0 Å². The Morgan fingerprint density at radius 3 is 2.62 bits per heavy atom. The minimum absolute atomic E-state index is 0.0415. The summed E-state index contributed by atoms with van der Waals surface area (Å²) in [6.07, 6.45) is 1.80. The Morgan fingerprint density at radius 1 is 1.24 bits per heavy atom. The molecule has 0 aliphatic carbocycles. The summed E-state index contributed by atoms with van der Waals surface area (Å²) in [7, 11) is 0. The molecule has 2 aromatic heterocycles. The number of guanidine groups is 1. The number of hydrogen-bond donors (Lipinski definition) is 3. The highest BCUT2D eigenvalue weighted by atomic mass is 16.3. The molecule has 0 amide bonds. The summed E-state index contributed by atoms with van der Waals surface area (Å²) in [6, 6.07) is 7.19. The third kappa shape index (κ3) is 6.49. The summed E-state index contributed by atoms with van der Waals surface area (Å²) in [5.41, 5.74) is 0.682. The van der Waals surface area contributed by atoms with E-state index in [9.17, 15) is 9.90 Å². The van der Waals surface area contributed by atoms with E-state index < -0.39 is 5.60 Å². The van der Waals surface area contributed by atoms with Crippen molar-refractivity contribution in [2.24, 2.45) is 4.99 Å². The molecule has 7 heteroatoms. The number of aromatic nitrogens is 1. The standard InChI is InChI=1S/C22H34N4O3/c1-6-23-21(25-15-22(5,28)19-14-17(3)29-18(19)4)24-12-7-8-13-26-16(2)10-9-11-20(26)27/h9-11,14,28H,6-8,12-13,15H2,1-5H3,(H2,23,24,25). The minimum Gasteiger partial charge on any atom is -0.466 e. The Balaban J connectivity index is 1.87. The number of pyridine rings is 1. The third-order valence-electron chi connectivity index (χ3n) is 4.88. The molecule has 29 heavy (non-hydrogen) atoms. The fraction of sp³-hybridized carbons (Fsp3) is 0.545. The van der Waals surface area contributed by atoms with Crippen LogP contribution in [0.2, 0.25) is 0 Å². The molecule has 0 spiro atoms. The van der Waals surface area contributed by atoms with Crippen LogP contribution in [0.25, 0.3) is 0 Å². The smallest absolute Gasteiger partial charge is 0.250 e. The van der Waals surface area contributed by atoms with Crippen molar-refractivity contribution in [2.45, 2.75) is 59.6 Å². The number of furan rings is 1. The Bertz CT molecular complexity index is 880. The Hall–Kier alpha value is -2.54. The molecule has 0 aromatic carbocycles. The van der Waals surface area contributed by atoms with Crippen molar-refractivity contribution in [3.63, 3.8) is 0 Å². The second kappa shape index (κ2) is 10.3. The maximum absolute atomic E-state index is 11.9. The SMILES string of the molecule is CCNC(=NCC(C)(O)c1cc(C)oc1C)NCCCCn1c(C)cccc1=O. The fourth-order valence-corrected chi connectivity index (χ4v) is 3.34. The van der Waals surface area contributed by atoms with Crippen LogP contribution < -0.4 is 16.2 Å². The van der Waals surface area contributed by atoms with Crippen LogP contribution in [0.1, 0.15) is 49.5 Å². The van der Waals surface area contributed by atoms with Gasteiger partial charge in [0.25, 0.3) is 5.56 Å². The fourth-order valence-electron chi connectivity index (χ4n) is 3.34. The van der Waals surface area contributed by atoms with Crippen molar-refractivity contribution in [3.05, 3.63) is 57.4 Å². The van der Waals surface area contributed by atoms with Gasteiger partial charge in [-0.25, -0.2) is 4.99 Å². The van der Waals surface area contributed by atoms with E-state index in [2.05, 4.69) is 15.6 Å². The highest BCUT2D eigenvalue weighted by molar-refractivity contribution is 5.79. The van der Waals surface area contributed by atoms with Gasteiger partial charge in [-0.2, -0.15) is 0 Å². The summed E-state index contributed by atoms with van der Waals surface area (Å²) >= 11 is 0. The van der Waals surface area contributed by atoms with E-state index in [0.717, 1.165) is 42.9 Å². The molecule has 0 aliphatic rings. The summed E-state index contributed by atoms with van der Waals surface area (Å²) in [5, 5.41) is 17.3. The van der Waals surface area contributed by atoms with Gasteiger partial charge in [0.1, 0.15) is 17.1 Å². The first-order valence-corrected chi connectivity index (χ1v) is 10.2. The van der Waals surface area contributed by atoms with Crippen LogP contribution in [-0.4, -0.2) is 35.3 Å². The van der Waals surface area contributed by atoms with E-state index in [4.69, 9.17) is 4.42 Å². The Labute approximate surface area is 172 Å². The Morgan fingerprint density at radius 2 is 2.00 bits per heavy atom. The molecular weight excluding hydrogens is 368 g/mol. The van der Waals surface area contributed by atoms with E-state index in [1.165, 1.54) is 0 Å². The maximum Gasteiger partial charge on any atom is 0.250 e. The number of nitrogens with one attached hydrogen (secondary N) is 2. The number of aryl methyl sites for hydroxylation is 3. The van der Waals surface area contributed by atoms with E-state index in [1.54, 1.807) is 23.6 Å². The molecule has 2 heterocycles. The molecule has 0 radical (unpaired) electrons. The molecule has 0 saturated carbocycles. The van der Waals surface area contributed by atoms with Gasteiger partial charge in [-0.15, -0.1) is 0 Å². The second-order valence-electron chi connectivity index (χ2n) is 7.59. The van der Waals surface area contributed by atoms with Crippen LogP contribution >= 0.6 is 0 Å². The van der Waals surface area contributed by atoms with Crippen molar-refractivity contribution in [3.8, 4) is 0 Å². The zero-order chi connectivity index (χ0) is 21.4. The molecule has 0 bridgehead atoms. The van der Waals surface area contributed by atoms with E-state index >= 15 is 0 Å². The van der Waals surface area contributed by atoms with Gasteiger partial charge in [0.15, 0.2) is 5.96 Å². The average molecular weight is 403 g/mol. The van der Waals surface area contributed by atoms with Gasteiger partial charge < -0.3 is 24.7 Å². The molecule has 1 atom stereocenters. The number of rotatable bonds is 9. The van der Waals surface area contributed by atoms with E-state index in [1.807, 2.05) is 39.8 Å². The lowest BCUT2D eigenvalue weighted by Crippen LogP contribution is -2.39. The van der Waals surface area contributed by atoms with Gasteiger partial charge >= 0.3 is 0 Å². The van der Waals surface area contributed by atoms with Crippen LogP contribution in [0.15, 0.2) is 38.5 Å². The maximum atomic E-state index is 11.9. The van der Waals surface area contributed by atoms with Crippen molar-refractivity contribution in [2.75, 3.05) is 19.6 Å². The van der Waals surface area contributed by atoms with Gasteiger partial charge in [-0.3, -0.25) is 4.79 Å². The summed E-state index contributed by atoms with van der Waals surface area (Å²) in [6.45, 7) is 11.8. The monoisotopic (exact) mass is 402 g/mol. The molecular formula is C22H34N4O3. The van der Waals surface area contributed by atoms with Crippen molar-refractivity contribution < 1.29 is 9.52 Å². The second-order valence-corrected chi connectivity index (χ2v) is 7.59. The normalized spacial score (nSPS) is 13.9. The molecule has 1 unspecified atom stereocenters. The Kier molecular flexibility index (Phi) is 8.08. The summed E-state index contributed by atoms with van der Waals surface area (Å²) in [4.78, 5) is 16.5. The zero-order valence-electron chi connectivity index (χ0n) is 18.2. The topological polar surface area (TPSA) is 91.8 Å². The first-order chi connectivity index (χ1) is 13.7. The highest BCUT2D eigenvalue weighted by Gasteiger charge is 2.27. The molecule has 160 valence electrons. The van der Waals surface area contributed by atoms with Crippen molar-refractivity contribution in [1.29, 1.82) is 0 Å². The van der Waals surface area contributed by atoms with Gasteiger partial charge in [0.05, 0.1) is 6.54 Å². The van der Waals surface area contributed by atoms with Crippen LogP contribution in [0, 0.1) is 20.8 Å². The lowest BCUT2D eigenvalue weighted by Gasteiger charge is -2.21. The highest BCUT2D eigenvalue weighted by Crippen LogP contribution is 2.27. The first-order valence-electron chi connectivity index (χ1n) is 10.2. The predicted octanol–water partition coefficient (Wildman–Crippen LogP) is 2.61. The van der Waals surface area contributed by atoms with Crippen LogP contribution in [-0.2, 0) is 12.1 Å². The van der Waals surface area contributed by atoms with Crippen LogP contribution in [0.5, 0.6) is 0 Å². The van der Waals surface area contributed by atoms with Gasteiger partial charge in [0.2, 0.25) is 0 Å². The summed E-state index contributed by atoms with van der Waals surface area (Å²) in [5.74, 6) is 2.16. The van der Waals surface area contributed by atoms with E-state index in [-0.39, 0.29) is 12.1 Å². The largest absolute Gasteiger partial charge is 0.466 e. The number of aliphatic imine (C=N–C) groups is 1. The minimum atomic E-state index is -1.10. The number of aliphatic hydroxyl groups is 1. The number of hydrogen-bond acceptors (Lipinski definition) is 4. The predicted molar refractivity (Wildman–Crippen MR) is 116 cm³/mol. The zero-order valence-corrected chi connectivity index (χ0v) is 18.2. The van der Waals surface area contributed by atoms with Crippen molar-refractivity contribution >= 4 is 5.96 Å². The molecule has 0 fully saturated rings. The lowest BCUT2D eigenvalue weighted by molar-refractivity contribution is 0.0657.